The van der Waals surface area contributed by atoms with Crippen molar-refractivity contribution in [1.82, 2.24) is 14.8 Å². The van der Waals surface area contributed by atoms with Crippen LogP contribution >= 0.6 is 11.8 Å². The minimum absolute atomic E-state index is 0.0901. The summed E-state index contributed by atoms with van der Waals surface area (Å²) in [6.45, 7) is 4.34. The maximum absolute atomic E-state index is 12.5. The summed E-state index contributed by atoms with van der Waals surface area (Å²) in [4.78, 5) is 12.5. The first-order valence-corrected chi connectivity index (χ1v) is 11.8. The van der Waals surface area contributed by atoms with Crippen LogP contribution < -0.4 is 10.1 Å². The highest BCUT2D eigenvalue weighted by molar-refractivity contribution is 7.99. The van der Waals surface area contributed by atoms with Crippen molar-refractivity contribution >= 4 is 23.4 Å². The summed E-state index contributed by atoms with van der Waals surface area (Å²) in [6.07, 6.45) is 6.63. The van der Waals surface area contributed by atoms with Crippen LogP contribution in [0, 0.1) is 0 Å². The summed E-state index contributed by atoms with van der Waals surface area (Å²) in [5, 5.41) is 11.8. The molecule has 1 amide bonds. The van der Waals surface area contributed by atoms with Gasteiger partial charge in [0.25, 0.3) is 0 Å². The topological polar surface area (TPSA) is 69.0 Å². The Morgan fingerprint density at radius 1 is 1.19 bits per heavy atom. The first-order chi connectivity index (χ1) is 15.1. The highest BCUT2D eigenvalue weighted by Gasteiger charge is 2.17. The van der Waals surface area contributed by atoms with Crippen molar-refractivity contribution in [1.29, 1.82) is 0 Å². The first kappa shape index (κ1) is 21.4. The Morgan fingerprint density at radius 2 is 1.97 bits per heavy atom. The predicted octanol–water partition coefficient (Wildman–Crippen LogP) is 5.44. The molecular formula is C24H28N4O2S. The van der Waals surface area contributed by atoms with E-state index in [0.717, 1.165) is 30.0 Å². The van der Waals surface area contributed by atoms with E-state index in [2.05, 4.69) is 53.6 Å². The number of hydrogen-bond acceptors (Lipinski definition) is 5. The molecule has 0 bridgehead atoms. The Morgan fingerprint density at radius 3 is 2.71 bits per heavy atom. The molecule has 0 radical (unpaired) electrons. The monoisotopic (exact) mass is 436 g/mol. The van der Waals surface area contributed by atoms with Crippen molar-refractivity contribution in [3.8, 4) is 11.4 Å². The summed E-state index contributed by atoms with van der Waals surface area (Å²) in [5.41, 5.74) is 3.01. The van der Waals surface area contributed by atoms with E-state index in [0.29, 0.717) is 17.2 Å². The summed E-state index contributed by atoms with van der Waals surface area (Å²) in [6, 6.07) is 15.9. The van der Waals surface area contributed by atoms with Crippen molar-refractivity contribution in [3.63, 3.8) is 0 Å². The zero-order chi connectivity index (χ0) is 21.6. The molecule has 0 saturated heterocycles. The first-order valence-electron chi connectivity index (χ1n) is 10.8. The number of nitrogens with zero attached hydrogens (tertiary/aromatic N) is 3. The SMILES string of the molecule is CC(C)c1ccc(-n2cnnc2SCC(=O)Nc2cccc(OC3CCCC3)c2)cc1. The van der Waals surface area contributed by atoms with Crippen LogP contribution in [-0.4, -0.2) is 32.5 Å². The number of hydrogen-bond donors (Lipinski definition) is 1. The summed E-state index contributed by atoms with van der Waals surface area (Å²) in [5.74, 6) is 1.44. The Hall–Kier alpha value is -2.80. The molecule has 0 aliphatic heterocycles. The lowest BCUT2D eigenvalue weighted by atomic mass is 10.0. The molecule has 1 N–H and O–H groups in total. The summed E-state index contributed by atoms with van der Waals surface area (Å²) >= 11 is 1.36. The largest absolute Gasteiger partial charge is 0.490 e. The zero-order valence-electron chi connectivity index (χ0n) is 18.0. The van der Waals surface area contributed by atoms with Crippen molar-refractivity contribution in [2.24, 2.45) is 0 Å². The van der Waals surface area contributed by atoms with Crippen LogP contribution in [0.1, 0.15) is 51.0 Å². The van der Waals surface area contributed by atoms with Crippen LogP contribution in [0.2, 0.25) is 0 Å². The van der Waals surface area contributed by atoms with E-state index in [1.54, 1.807) is 6.33 Å². The molecule has 4 rings (SSSR count). The van der Waals surface area contributed by atoms with Gasteiger partial charge in [0.2, 0.25) is 5.91 Å². The molecule has 6 nitrogen and oxygen atoms in total. The molecule has 1 saturated carbocycles. The number of nitrogens with one attached hydrogen (secondary N) is 1. The summed E-state index contributed by atoms with van der Waals surface area (Å²) in [7, 11) is 0. The van der Waals surface area contributed by atoms with Gasteiger partial charge >= 0.3 is 0 Å². The van der Waals surface area contributed by atoms with Gasteiger partial charge in [0.05, 0.1) is 11.9 Å². The van der Waals surface area contributed by atoms with Gasteiger partial charge in [-0.1, -0.05) is 43.8 Å². The fraction of sp³-hybridized carbons (Fsp3) is 0.375. The Balaban J connectivity index is 1.34. The Bertz CT molecular complexity index is 1010. The molecule has 0 spiro atoms. The number of ether oxygens (including phenoxy) is 1. The Labute approximate surface area is 187 Å². The number of rotatable bonds is 8. The second-order valence-electron chi connectivity index (χ2n) is 8.12. The van der Waals surface area contributed by atoms with Gasteiger partial charge < -0.3 is 10.1 Å². The molecule has 1 heterocycles. The van der Waals surface area contributed by atoms with Crippen molar-refractivity contribution in [2.45, 2.75) is 56.7 Å². The third kappa shape index (κ3) is 5.67. The lowest BCUT2D eigenvalue weighted by molar-refractivity contribution is -0.113. The van der Waals surface area contributed by atoms with Crippen molar-refractivity contribution in [3.05, 3.63) is 60.4 Å². The van der Waals surface area contributed by atoms with Gasteiger partial charge in [0, 0.05) is 17.4 Å². The van der Waals surface area contributed by atoms with E-state index in [1.165, 1.54) is 30.2 Å². The number of carbonyl (C=O) groups excluding carboxylic acids is 1. The molecule has 1 aliphatic carbocycles. The quantitative estimate of drug-likeness (QED) is 0.476. The number of anilines is 1. The summed E-state index contributed by atoms with van der Waals surface area (Å²) < 4.78 is 7.93. The number of aromatic nitrogens is 3. The fourth-order valence-electron chi connectivity index (χ4n) is 3.69. The second kappa shape index (κ2) is 10.0. The van der Waals surface area contributed by atoms with Gasteiger partial charge in [0.15, 0.2) is 5.16 Å². The van der Waals surface area contributed by atoms with Gasteiger partial charge in [-0.25, -0.2) is 0 Å². The minimum atomic E-state index is -0.0901. The minimum Gasteiger partial charge on any atom is -0.490 e. The molecule has 0 unspecified atom stereocenters. The van der Waals surface area contributed by atoms with E-state index in [4.69, 9.17) is 4.74 Å². The van der Waals surface area contributed by atoms with Crippen LogP contribution in [0.15, 0.2) is 60.0 Å². The maximum Gasteiger partial charge on any atom is 0.234 e. The molecule has 1 aliphatic rings. The smallest absolute Gasteiger partial charge is 0.234 e. The third-order valence-electron chi connectivity index (χ3n) is 5.41. The lowest BCUT2D eigenvalue weighted by Crippen LogP contribution is -2.15. The standard InChI is InChI=1S/C24H28N4O2S/c1-17(2)18-10-12-20(13-11-18)28-16-25-27-24(28)31-15-23(29)26-19-6-5-9-22(14-19)30-21-7-3-4-8-21/h5-6,9-14,16-17,21H,3-4,7-8,15H2,1-2H3,(H,26,29). The molecule has 162 valence electrons. The van der Waals surface area contributed by atoms with Gasteiger partial charge in [0.1, 0.15) is 12.1 Å². The molecular weight excluding hydrogens is 408 g/mol. The van der Waals surface area contributed by atoms with Gasteiger partial charge in [-0.3, -0.25) is 9.36 Å². The number of carbonyl (C=O) groups is 1. The second-order valence-corrected chi connectivity index (χ2v) is 9.06. The van der Waals surface area contributed by atoms with Gasteiger partial charge in [-0.2, -0.15) is 0 Å². The lowest BCUT2D eigenvalue weighted by Gasteiger charge is -2.14. The average Bonchev–Trinajstić information content (AvgIpc) is 3.44. The Kier molecular flexibility index (Phi) is 6.92. The van der Waals surface area contributed by atoms with Crippen molar-refractivity contribution in [2.75, 3.05) is 11.1 Å². The molecule has 31 heavy (non-hydrogen) atoms. The molecule has 3 aromatic rings. The highest BCUT2D eigenvalue weighted by Crippen LogP contribution is 2.26. The predicted molar refractivity (Wildman–Crippen MR) is 124 cm³/mol. The molecule has 0 atom stereocenters. The number of benzene rings is 2. The third-order valence-corrected chi connectivity index (χ3v) is 6.35. The normalized spacial score (nSPS) is 14.2. The van der Waals surface area contributed by atoms with E-state index < -0.39 is 0 Å². The molecule has 1 fully saturated rings. The fourth-order valence-corrected chi connectivity index (χ4v) is 4.42. The molecule has 1 aromatic heterocycles. The highest BCUT2D eigenvalue weighted by atomic mass is 32.2. The maximum atomic E-state index is 12.5. The van der Waals surface area contributed by atoms with Crippen LogP contribution in [0.3, 0.4) is 0 Å². The van der Waals surface area contributed by atoms with Crippen LogP contribution in [-0.2, 0) is 4.79 Å². The van der Waals surface area contributed by atoms with Gasteiger partial charge in [-0.05, 0) is 61.4 Å². The number of amides is 1. The van der Waals surface area contributed by atoms with E-state index in [9.17, 15) is 4.79 Å². The number of thioether (sulfide) groups is 1. The zero-order valence-corrected chi connectivity index (χ0v) is 18.8. The van der Waals surface area contributed by atoms with E-state index >= 15 is 0 Å². The molecule has 7 heteroatoms. The van der Waals surface area contributed by atoms with E-state index in [1.807, 2.05) is 28.8 Å². The molecule has 2 aromatic carbocycles. The van der Waals surface area contributed by atoms with Crippen LogP contribution in [0.25, 0.3) is 5.69 Å². The van der Waals surface area contributed by atoms with Crippen LogP contribution in [0.5, 0.6) is 5.75 Å². The average molecular weight is 437 g/mol. The van der Waals surface area contributed by atoms with Crippen LogP contribution in [0.4, 0.5) is 5.69 Å². The van der Waals surface area contributed by atoms with E-state index in [-0.39, 0.29) is 11.7 Å². The van der Waals surface area contributed by atoms with Gasteiger partial charge in [-0.15, -0.1) is 10.2 Å². The van der Waals surface area contributed by atoms with Crippen molar-refractivity contribution < 1.29 is 9.53 Å².